The van der Waals surface area contributed by atoms with Crippen molar-refractivity contribution in [2.24, 2.45) is 5.73 Å². The molecule has 0 spiro atoms. The van der Waals surface area contributed by atoms with Gasteiger partial charge >= 0.3 is 0 Å². The number of ether oxygens (including phenoxy) is 1. The summed E-state index contributed by atoms with van der Waals surface area (Å²) in [6.45, 7) is 6.83. The van der Waals surface area contributed by atoms with Crippen molar-refractivity contribution in [1.82, 2.24) is 0 Å². The first-order valence-corrected chi connectivity index (χ1v) is 5.33. The van der Waals surface area contributed by atoms with Gasteiger partial charge in [-0.1, -0.05) is 31.2 Å². The molecule has 15 heavy (non-hydrogen) atoms. The second kappa shape index (κ2) is 5.79. The van der Waals surface area contributed by atoms with E-state index < -0.39 is 0 Å². The summed E-state index contributed by atoms with van der Waals surface area (Å²) in [5.41, 5.74) is 7.51. The molecule has 82 valence electrons. The Hall–Kier alpha value is -0.990. The van der Waals surface area contributed by atoms with E-state index >= 15 is 0 Å². The average Bonchev–Trinajstić information content (AvgIpc) is 2.25. The van der Waals surface area contributed by atoms with Crippen LogP contribution < -0.4 is 10.5 Å². The zero-order valence-electron chi connectivity index (χ0n) is 8.92. The van der Waals surface area contributed by atoms with Crippen molar-refractivity contribution in [2.45, 2.75) is 19.9 Å². The highest BCUT2D eigenvalue weighted by atomic mass is 35.5. The van der Waals surface area contributed by atoms with Crippen LogP contribution in [-0.2, 0) is 6.54 Å². The fourth-order valence-electron chi connectivity index (χ4n) is 1.15. The highest BCUT2D eigenvalue weighted by molar-refractivity contribution is 6.31. The Bertz CT molecular complexity index is 349. The highest BCUT2D eigenvalue weighted by Crippen LogP contribution is 2.26. The maximum Gasteiger partial charge on any atom is 0.125 e. The van der Waals surface area contributed by atoms with Crippen LogP contribution in [0.5, 0.6) is 5.75 Å². The van der Waals surface area contributed by atoms with Crippen LogP contribution in [-0.4, -0.2) is 6.61 Å². The van der Waals surface area contributed by atoms with Crippen molar-refractivity contribution >= 4 is 11.6 Å². The molecule has 0 bridgehead atoms. The van der Waals surface area contributed by atoms with E-state index in [9.17, 15) is 0 Å². The number of halogens is 1. The number of hydrogen-bond acceptors (Lipinski definition) is 2. The Kier molecular flexibility index (Phi) is 4.66. The van der Waals surface area contributed by atoms with Crippen LogP contribution in [0.1, 0.15) is 18.9 Å². The summed E-state index contributed by atoms with van der Waals surface area (Å²) < 4.78 is 5.60. The molecule has 1 aromatic rings. The minimum atomic E-state index is 0.383. The molecule has 0 radical (unpaired) electrons. The molecule has 0 aliphatic carbocycles. The molecule has 0 fully saturated rings. The van der Waals surface area contributed by atoms with E-state index in [1.54, 1.807) is 0 Å². The van der Waals surface area contributed by atoms with Crippen molar-refractivity contribution in [1.29, 1.82) is 0 Å². The van der Waals surface area contributed by atoms with E-state index in [1.807, 2.05) is 25.1 Å². The molecular formula is C12H16ClNO. The lowest BCUT2D eigenvalue weighted by atomic mass is 10.2. The van der Waals surface area contributed by atoms with Crippen molar-refractivity contribution in [2.75, 3.05) is 6.61 Å². The third kappa shape index (κ3) is 3.26. The van der Waals surface area contributed by atoms with Gasteiger partial charge in [0.25, 0.3) is 0 Å². The monoisotopic (exact) mass is 225 g/mol. The molecule has 0 amide bonds. The summed E-state index contributed by atoms with van der Waals surface area (Å²) in [4.78, 5) is 0. The van der Waals surface area contributed by atoms with Crippen LogP contribution >= 0.6 is 11.6 Å². The first kappa shape index (κ1) is 12.1. The predicted octanol–water partition coefficient (Wildman–Crippen LogP) is 3.14. The van der Waals surface area contributed by atoms with Crippen molar-refractivity contribution in [3.8, 4) is 5.75 Å². The molecule has 0 aliphatic rings. The zero-order valence-corrected chi connectivity index (χ0v) is 9.68. The highest BCUT2D eigenvalue weighted by Gasteiger charge is 2.06. The summed E-state index contributed by atoms with van der Waals surface area (Å²) in [6, 6.07) is 5.54. The lowest BCUT2D eigenvalue weighted by molar-refractivity contribution is 0.345. The zero-order chi connectivity index (χ0) is 11.3. The standard InChI is InChI=1S/C12H16ClNO/c1-3-9(2)8-15-12-6-4-5-11(13)10(12)7-14/h4-6H,2-3,7-8,14H2,1H3. The molecule has 0 aromatic heterocycles. The van der Waals surface area contributed by atoms with Gasteiger partial charge in [0.15, 0.2) is 0 Å². The Morgan fingerprint density at radius 2 is 2.27 bits per heavy atom. The van der Waals surface area contributed by atoms with Gasteiger partial charge in [0.05, 0.1) is 0 Å². The summed E-state index contributed by atoms with van der Waals surface area (Å²) in [5, 5.41) is 0.650. The number of nitrogens with two attached hydrogens (primary N) is 1. The van der Waals surface area contributed by atoms with Crippen LogP contribution in [0.2, 0.25) is 5.02 Å². The van der Waals surface area contributed by atoms with Gasteiger partial charge in [-0.3, -0.25) is 0 Å². The molecule has 2 N–H and O–H groups in total. The fraction of sp³-hybridized carbons (Fsp3) is 0.333. The van der Waals surface area contributed by atoms with Crippen molar-refractivity contribution < 1.29 is 4.74 Å². The molecular weight excluding hydrogens is 210 g/mol. The predicted molar refractivity (Wildman–Crippen MR) is 64.3 cm³/mol. The SMILES string of the molecule is C=C(CC)COc1cccc(Cl)c1CN. The van der Waals surface area contributed by atoms with Gasteiger partial charge in [0, 0.05) is 17.1 Å². The van der Waals surface area contributed by atoms with Crippen molar-refractivity contribution in [3.05, 3.63) is 40.9 Å². The van der Waals surface area contributed by atoms with Gasteiger partial charge in [-0.15, -0.1) is 0 Å². The Morgan fingerprint density at radius 3 is 2.87 bits per heavy atom. The minimum Gasteiger partial charge on any atom is -0.489 e. The van der Waals surface area contributed by atoms with Gasteiger partial charge in [-0.25, -0.2) is 0 Å². The smallest absolute Gasteiger partial charge is 0.125 e. The molecule has 0 saturated heterocycles. The van der Waals surface area contributed by atoms with Gasteiger partial charge in [0.1, 0.15) is 12.4 Å². The number of benzene rings is 1. The van der Waals surface area contributed by atoms with E-state index in [1.165, 1.54) is 0 Å². The number of hydrogen-bond donors (Lipinski definition) is 1. The maximum atomic E-state index is 6.00. The molecule has 0 heterocycles. The van der Waals surface area contributed by atoms with Gasteiger partial charge in [-0.2, -0.15) is 0 Å². The third-order valence-corrected chi connectivity index (χ3v) is 2.57. The Morgan fingerprint density at radius 1 is 1.53 bits per heavy atom. The lowest BCUT2D eigenvalue weighted by Crippen LogP contribution is -2.05. The van der Waals surface area contributed by atoms with E-state index in [-0.39, 0.29) is 0 Å². The minimum absolute atomic E-state index is 0.383. The molecule has 0 atom stereocenters. The van der Waals surface area contributed by atoms with E-state index in [2.05, 4.69) is 6.58 Å². The van der Waals surface area contributed by atoms with Crippen LogP contribution in [0.15, 0.2) is 30.4 Å². The van der Waals surface area contributed by atoms with E-state index in [4.69, 9.17) is 22.1 Å². The first-order valence-electron chi connectivity index (χ1n) is 4.96. The lowest BCUT2D eigenvalue weighted by Gasteiger charge is -2.12. The summed E-state index contributed by atoms with van der Waals surface area (Å²) in [7, 11) is 0. The van der Waals surface area contributed by atoms with Crippen LogP contribution in [0, 0.1) is 0 Å². The molecule has 0 saturated carbocycles. The maximum absolute atomic E-state index is 6.00. The van der Waals surface area contributed by atoms with Crippen LogP contribution in [0.4, 0.5) is 0 Å². The molecule has 1 rings (SSSR count). The van der Waals surface area contributed by atoms with Crippen molar-refractivity contribution in [3.63, 3.8) is 0 Å². The topological polar surface area (TPSA) is 35.2 Å². The summed E-state index contributed by atoms with van der Waals surface area (Å²) in [6.07, 6.45) is 0.915. The summed E-state index contributed by atoms with van der Waals surface area (Å²) >= 11 is 6.00. The molecule has 0 unspecified atom stereocenters. The normalized spacial score (nSPS) is 10.1. The fourth-order valence-corrected chi connectivity index (χ4v) is 1.40. The molecule has 2 nitrogen and oxygen atoms in total. The van der Waals surface area contributed by atoms with Gasteiger partial charge in [0.2, 0.25) is 0 Å². The number of rotatable bonds is 5. The first-order chi connectivity index (χ1) is 7.19. The van der Waals surface area contributed by atoms with Gasteiger partial charge in [-0.05, 0) is 24.1 Å². The second-order valence-corrected chi connectivity index (χ2v) is 3.72. The average molecular weight is 226 g/mol. The molecule has 0 aliphatic heterocycles. The Balaban J connectivity index is 2.76. The quantitative estimate of drug-likeness (QED) is 0.782. The van der Waals surface area contributed by atoms with Crippen LogP contribution in [0.25, 0.3) is 0 Å². The van der Waals surface area contributed by atoms with Crippen LogP contribution in [0.3, 0.4) is 0 Å². The molecule has 3 heteroatoms. The van der Waals surface area contributed by atoms with Gasteiger partial charge < -0.3 is 10.5 Å². The second-order valence-electron chi connectivity index (χ2n) is 3.31. The largest absolute Gasteiger partial charge is 0.489 e. The Labute approximate surface area is 95.7 Å². The third-order valence-electron chi connectivity index (χ3n) is 2.21. The van der Waals surface area contributed by atoms with E-state index in [0.717, 1.165) is 23.3 Å². The van der Waals surface area contributed by atoms with E-state index in [0.29, 0.717) is 18.2 Å². The summed E-state index contributed by atoms with van der Waals surface area (Å²) in [5.74, 6) is 0.750. The molecule has 1 aromatic carbocycles.